The Morgan fingerprint density at radius 1 is 1.23 bits per heavy atom. The van der Waals surface area contributed by atoms with Gasteiger partial charge in [0.15, 0.2) is 5.82 Å². The maximum Gasteiger partial charge on any atom is 0.331 e. The summed E-state index contributed by atoms with van der Waals surface area (Å²) >= 11 is 1.32. The molecule has 2 aromatic rings. The zero-order valence-electron chi connectivity index (χ0n) is 14.1. The molecule has 0 aliphatic carbocycles. The summed E-state index contributed by atoms with van der Waals surface area (Å²) in [7, 11) is 0. The van der Waals surface area contributed by atoms with Crippen LogP contribution in [0.25, 0.3) is 0 Å². The van der Waals surface area contributed by atoms with Crippen molar-refractivity contribution in [2.45, 2.75) is 18.7 Å². The first kappa shape index (κ1) is 19.3. The summed E-state index contributed by atoms with van der Waals surface area (Å²) < 4.78 is 4.87. The van der Waals surface area contributed by atoms with Crippen LogP contribution in [-0.2, 0) is 14.4 Å². The Morgan fingerprint density at radius 2 is 1.92 bits per heavy atom. The third-order valence-electron chi connectivity index (χ3n) is 3.07. The van der Waals surface area contributed by atoms with Crippen molar-refractivity contribution in [3.8, 4) is 0 Å². The maximum atomic E-state index is 11.8. The van der Waals surface area contributed by atoms with Crippen molar-refractivity contribution in [1.29, 1.82) is 0 Å². The second kappa shape index (κ2) is 8.86. The van der Waals surface area contributed by atoms with Crippen LogP contribution in [0, 0.1) is 6.92 Å². The number of rotatable bonds is 7. The zero-order valence-corrected chi connectivity index (χ0v) is 14.9. The van der Waals surface area contributed by atoms with Gasteiger partial charge in [-0.1, -0.05) is 5.16 Å². The first-order valence-electron chi connectivity index (χ1n) is 7.52. The number of amides is 2. The Labute approximate surface area is 153 Å². The average molecular weight is 375 g/mol. The first-order valence-corrected chi connectivity index (χ1v) is 8.50. The minimum absolute atomic E-state index is 0.0528. The molecular formula is C17H17N3O5S. The van der Waals surface area contributed by atoms with Crippen LogP contribution >= 0.6 is 11.8 Å². The lowest BCUT2D eigenvalue weighted by Crippen LogP contribution is -2.14. The number of carbonyl (C=O) groups excluding carboxylic acids is 2. The third kappa shape index (κ3) is 6.10. The summed E-state index contributed by atoms with van der Waals surface area (Å²) in [6, 6.07) is 8.47. The van der Waals surface area contributed by atoms with E-state index in [9.17, 15) is 14.4 Å². The van der Waals surface area contributed by atoms with Crippen LogP contribution in [0.1, 0.15) is 12.7 Å². The Morgan fingerprint density at radius 3 is 2.50 bits per heavy atom. The van der Waals surface area contributed by atoms with Crippen molar-refractivity contribution < 1.29 is 24.0 Å². The number of thioether (sulfide) groups is 1. The minimum Gasteiger partial charge on any atom is -0.478 e. The topological polar surface area (TPSA) is 122 Å². The van der Waals surface area contributed by atoms with Gasteiger partial charge in [0, 0.05) is 28.3 Å². The molecule has 8 nitrogen and oxygen atoms in total. The maximum absolute atomic E-state index is 11.8. The second-order valence-electron chi connectivity index (χ2n) is 5.31. The lowest BCUT2D eigenvalue weighted by molar-refractivity contribution is -0.132. The van der Waals surface area contributed by atoms with Crippen molar-refractivity contribution >= 4 is 41.1 Å². The van der Waals surface area contributed by atoms with Gasteiger partial charge in [-0.15, -0.1) is 11.8 Å². The molecule has 1 heterocycles. The highest BCUT2D eigenvalue weighted by Gasteiger charge is 2.08. The fourth-order valence-corrected chi connectivity index (χ4v) is 2.52. The molecule has 2 rings (SSSR count). The van der Waals surface area contributed by atoms with E-state index in [2.05, 4.69) is 15.8 Å². The van der Waals surface area contributed by atoms with Gasteiger partial charge < -0.3 is 20.3 Å². The highest BCUT2D eigenvalue weighted by atomic mass is 32.2. The summed E-state index contributed by atoms with van der Waals surface area (Å²) in [5.41, 5.74) is 0.472. The molecule has 0 radical (unpaired) electrons. The molecule has 0 spiro atoms. The molecule has 0 atom stereocenters. The number of aliphatic carboxylic acids is 1. The largest absolute Gasteiger partial charge is 0.478 e. The van der Waals surface area contributed by atoms with Gasteiger partial charge in [0.1, 0.15) is 5.76 Å². The van der Waals surface area contributed by atoms with Gasteiger partial charge in [-0.25, -0.2) is 4.79 Å². The number of hydrogen-bond acceptors (Lipinski definition) is 6. The molecule has 0 unspecified atom stereocenters. The van der Waals surface area contributed by atoms with Crippen LogP contribution in [-0.4, -0.2) is 33.8 Å². The summed E-state index contributed by atoms with van der Waals surface area (Å²) in [5.74, 6) is -0.707. The highest BCUT2D eigenvalue weighted by molar-refractivity contribution is 8.00. The molecule has 9 heteroatoms. The van der Waals surface area contributed by atoms with E-state index < -0.39 is 11.9 Å². The highest BCUT2D eigenvalue weighted by Crippen LogP contribution is 2.20. The van der Waals surface area contributed by atoms with Gasteiger partial charge in [0.25, 0.3) is 0 Å². The zero-order chi connectivity index (χ0) is 19.1. The number of benzene rings is 1. The van der Waals surface area contributed by atoms with E-state index in [-0.39, 0.29) is 17.2 Å². The summed E-state index contributed by atoms with van der Waals surface area (Å²) in [6.07, 6.45) is 1.01. The quantitative estimate of drug-likeness (QED) is 0.502. The molecule has 0 saturated heterocycles. The SMILES string of the molecule is C/C(=C\C(=O)Nc1ccc(SCC(=O)Nc2cc(C)on2)cc1)C(=O)O. The molecule has 0 fully saturated rings. The van der Waals surface area contributed by atoms with Gasteiger partial charge in [-0.3, -0.25) is 9.59 Å². The predicted octanol–water partition coefficient (Wildman–Crippen LogP) is 2.68. The van der Waals surface area contributed by atoms with Crippen molar-refractivity contribution in [3.05, 3.63) is 47.7 Å². The molecule has 0 bridgehead atoms. The summed E-state index contributed by atoms with van der Waals surface area (Å²) in [6.45, 7) is 3.07. The predicted molar refractivity (Wildman–Crippen MR) is 97.1 cm³/mol. The van der Waals surface area contributed by atoms with Gasteiger partial charge in [-0.05, 0) is 38.1 Å². The van der Waals surface area contributed by atoms with Crippen molar-refractivity contribution in [2.75, 3.05) is 16.4 Å². The monoisotopic (exact) mass is 375 g/mol. The van der Waals surface area contributed by atoms with Crippen LogP contribution in [0.4, 0.5) is 11.5 Å². The molecule has 2 amide bonds. The van der Waals surface area contributed by atoms with E-state index in [0.29, 0.717) is 17.3 Å². The normalized spacial score (nSPS) is 11.1. The van der Waals surface area contributed by atoms with Gasteiger partial charge in [0.2, 0.25) is 11.8 Å². The number of nitrogens with zero attached hydrogens (tertiary/aromatic N) is 1. The molecule has 136 valence electrons. The lowest BCUT2D eigenvalue weighted by atomic mass is 10.2. The van der Waals surface area contributed by atoms with E-state index in [1.54, 1.807) is 37.3 Å². The number of aromatic nitrogens is 1. The first-order chi connectivity index (χ1) is 12.3. The average Bonchev–Trinajstić information content (AvgIpc) is 2.98. The van der Waals surface area contributed by atoms with Gasteiger partial charge >= 0.3 is 5.97 Å². The fourth-order valence-electron chi connectivity index (χ4n) is 1.82. The minimum atomic E-state index is -1.15. The number of carboxylic acids is 1. The Balaban J connectivity index is 1.83. The van der Waals surface area contributed by atoms with Crippen LogP contribution < -0.4 is 10.6 Å². The Bertz CT molecular complexity index is 842. The second-order valence-corrected chi connectivity index (χ2v) is 6.35. The van der Waals surface area contributed by atoms with E-state index in [1.165, 1.54) is 18.7 Å². The number of aryl methyl sites for hydroxylation is 1. The third-order valence-corrected chi connectivity index (χ3v) is 4.08. The molecular weight excluding hydrogens is 358 g/mol. The van der Waals surface area contributed by atoms with Crippen molar-refractivity contribution in [3.63, 3.8) is 0 Å². The molecule has 26 heavy (non-hydrogen) atoms. The number of carboxylic acid groups (broad SMARTS) is 1. The van der Waals surface area contributed by atoms with Crippen LogP contribution in [0.5, 0.6) is 0 Å². The lowest BCUT2D eigenvalue weighted by Gasteiger charge is -2.05. The van der Waals surface area contributed by atoms with Crippen LogP contribution in [0.2, 0.25) is 0 Å². The smallest absolute Gasteiger partial charge is 0.331 e. The Hall–Kier alpha value is -3.07. The molecule has 0 aliphatic rings. The van der Waals surface area contributed by atoms with E-state index >= 15 is 0 Å². The fraction of sp³-hybridized carbons (Fsp3) is 0.176. The van der Waals surface area contributed by atoms with Gasteiger partial charge in [0.05, 0.1) is 5.75 Å². The van der Waals surface area contributed by atoms with Crippen LogP contribution in [0.3, 0.4) is 0 Å². The van der Waals surface area contributed by atoms with Crippen LogP contribution in [0.15, 0.2) is 51.4 Å². The molecule has 3 N–H and O–H groups in total. The molecule has 1 aromatic carbocycles. The Kier molecular flexibility index (Phi) is 6.56. The number of hydrogen-bond donors (Lipinski definition) is 3. The molecule has 0 aliphatic heterocycles. The number of carbonyl (C=O) groups is 3. The molecule has 1 aromatic heterocycles. The number of anilines is 2. The van der Waals surface area contributed by atoms with E-state index in [1.807, 2.05) is 0 Å². The standard InChI is InChI=1S/C17H17N3O5S/c1-10(17(23)24)7-15(21)18-12-3-5-13(6-4-12)26-9-16(22)19-14-8-11(2)25-20-14/h3-8H,9H2,1-2H3,(H,18,21)(H,23,24)(H,19,20,22)/b10-7+. The van der Waals surface area contributed by atoms with Crippen molar-refractivity contribution in [1.82, 2.24) is 5.16 Å². The number of nitrogens with one attached hydrogen (secondary N) is 2. The van der Waals surface area contributed by atoms with Crippen molar-refractivity contribution in [2.24, 2.45) is 0 Å². The van der Waals surface area contributed by atoms with E-state index in [4.69, 9.17) is 9.63 Å². The molecule has 0 saturated carbocycles. The van der Waals surface area contributed by atoms with E-state index in [0.717, 1.165) is 11.0 Å². The summed E-state index contributed by atoms with van der Waals surface area (Å²) in [4.78, 5) is 35.0. The summed E-state index contributed by atoms with van der Waals surface area (Å²) in [5, 5.41) is 17.6. The van der Waals surface area contributed by atoms with Gasteiger partial charge in [-0.2, -0.15) is 0 Å².